The molecule has 2 aromatic rings. The fraction of sp³-hybridized carbons (Fsp3) is 0.478. The molecule has 2 aliphatic rings. The normalized spacial score (nSPS) is 24.2. The molecule has 1 amide bonds. The van der Waals surface area contributed by atoms with Crippen molar-refractivity contribution in [2.75, 3.05) is 13.1 Å². The summed E-state index contributed by atoms with van der Waals surface area (Å²) < 4.78 is 0. The first-order valence-electron chi connectivity index (χ1n) is 10.7. The molecule has 2 saturated heterocycles. The number of carbonyl (C=O) groups excluding carboxylic acids is 1. The van der Waals surface area contributed by atoms with Gasteiger partial charge >= 0.3 is 0 Å². The number of benzene rings is 1. The van der Waals surface area contributed by atoms with Crippen LogP contribution in [0.25, 0.3) is 11.1 Å². The Morgan fingerprint density at radius 1 is 1.27 bits per heavy atom. The fourth-order valence-electron chi connectivity index (χ4n) is 4.51. The molecule has 0 radical (unpaired) electrons. The standard InChI is InChI=1S/C23H29N5OS/c1-14-6-4-7-17(10-14)19-12-24-16(3)26-21(19)18-8-5-9-28(13-18)22(29)20-11-15(2)25-23(30)27-20/h4,6-7,10,12,15,18,20H,5,8-9,11,13H2,1-3H3,(H2,25,27,30)/t15-,18?,20+/m1/s1. The summed E-state index contributed by atoms with van der Waals surface area (Å²) in [6.45, 7) is 7.55. The van der Waals surface area contributed by atoms with Crippen LogP contribution < -0.4 is 10.6 Å². The molecule has 6 nitrogen and oxygen atoms in total. The van der Waals surface area contributed by atoms with Crippen LogP contribution in [-0.2, 0) is 4.79 Å². The van der Waals surface area contributed by atoms with E-state index in [1.54, 1.807) is 0 Å². The monoisotopic (exact) mass is 423 g/mol. The molecule has 1 aromatic carbocycles. The van der Waals surface area contributed by atoms with E-state index >= 15 is 0 Å². The van der Waals surface area contributed by atoms with Crippen LogP contribution in [0.15, 0.2) is 30.5 Å². The van der Waals surface area contributed by atoms with Crippen molar-refractivity contribution in [3.63, 3.8) is 0 Å². The highest BCUT2D eigenvalue weighted by Gasteiger charge is 2.34. The van der Waals surface area contributed by atoms with Crippen molar-refractivity contribution in [2.45, 2.75) is 58.0 Å². The number of aryl methyl sites for hydroxylation is 2. The molecule has 158 valence electrons. The van der Waals surface area contributed by atoms with E-state index in [4.69, 9.17) is 17.2 Å². The van der Waals surface area contributed by atoms with Gasteiger partial charge in [-0.2, -0.15) is 0 Å². The second kappa shape index (κ2) is 8.68. The maximum atomic E-state index is 13.2. The minimum absolute atomic E-state index is 0.137. The Labute approximate surface area is 183 Å². The first-order chi connectivity index (χ1) is 14.4. The summed E-state index contributed by atoms with van der Waals surface area (Å²) in [6, 6.07) is 8.39. The van der Waals surface area contributed by atoms with Gasteiger partial charge in [0.05, 0.1) is 5.69 Å². The zero-order chi connectivity index (χ0) is 21.3. The van der Waals surface area contributed by atoms with E-state index in [0.29, 0.717) is 11.7 Å². The zero-order valence-electron chi connectivity index (χ0n) is 17.8. The van der Waals surface area contributed by atoms with Gasteiger partial charge in [-0.15, -0.1) is 0 Å². The van der Waals surface area contributed by atoms with Crippen LogP contribution in [0.2, 0.25) is 0 Å². The molecule has 2 fully saturated rings. The molecule has 2 N–H and O–H groups in total. The Morgan fingerprint density at radius 2 is 2.10 bits per heavy atom. The van der Waals surface area contributed by atoms with E-state index in [0.717, 1.165) is 48.5 Å². The second-order valence-electron chi connectivity index (χ2n) is 8.52. The van der Waals surface area contributed by atoms with E-state index in [-0.39, 0.29) is 23.9 Å². The summed E-state index contributed by atoms with van der Waals surface area (Å²) in [4.78, 5) is 24.5. The number of nitrogens with zero attached hydrogens (tertiary/aromatic N) is 3. The number of rotatable bonds is 3. The average Bonchev–Trinajstić information content (AvgIpc) is 2.72. The summed E-state index contributed by atoms with van der Waals surface area (Å²) in [5.41, 5.74) is 4.46. The first-order valence-corrected chi connectivity index (χ1v) is 11.1. The van der Waals surface area contributed by atoms with Crippen molar-refractivity contribution in [1.29, 1.82) is 0 Å². The van der Waals surface area contributed by atoms with Crippen molar-refractivity contribution in [3.8, 4) is 11.1 Å². The van der Waals surface area contributed by atoms with Gasteiger partial charge in [-0.1, -0.05) is 29.8 Å². The Balaban J connectivity index is 1.58. The number of carbonyl (C=O) groups is 1. The third-order valence-corrected chi connectivity index (χ3v) is 6.19. The fourth-order valence-corrected chi connectivity index (χ4v) is 4.86. The first kappa shape index (κ1) is 20.7. The van der Waals surface area contributed by atoms with E-state index in [1.165, 1.54) is 5.56 Å². The van der Waals surface area contributed by atoms with Crippen LogP contribution in [-0.4, -0.2) is 51.1 Å². The maximum absolute atomic E-state index is 13.2. The van der Waals surface area contributed by atoms with Gasteiger partial charge in [-0.05, 0) is 57.8 Å². The van der Waals surface area contributed by atoms with Crippen LogP contribution in [0.5, 0.6) is 0 Å². The molecule has 1 aromatic heterocycles. The number of piperidine rings is 1. The summed E-state index contributed by atoms with van der Waals surface area (Å²) in [5, 5.41) is 6.89. The third-order valence-electron chi connectivity index (χ3n) is 5.96. The van der Waals surface area contributed by atoms with E-state index in [9.17, 15) is 4.79 Å². The lowest BCUT2D eigenvalue weighted by molar-refractivity contribution is -0.134. The zero-order valence-corrected chi connectivity index (χ0v) is 18.6. The SMILES string of the molecule is Cc1cccc(-c2cnc(C)nc2C2CCCN(C(=O)[C@@H]3C[C@@H](C)NC(=S)N3)C2)c1. The maximum Gasteiger partial charge on any atom is 0.245 e. The highest BCUT2D eigenvalue weighted by atomic mass is 32.1. The van der Waals surface area contributed by atoms with Gasteiger partial charge in [-0.3, -0.25) is 4.79 Å². The number of likely N-dealkylation sites (tertiary alicyclic amines) is 1. The molecule has 0 aliphatic carbocycles. The Hall–Kier alpha value is -2.54. The van der Waals surface area contributed by atoms with Gasteiger partial charge in [-0.25, -0.2) is 9.97 Å². The van der Waals surface area contributed by atoms with Crippen LogP contribution >= 0.6 is 12.2 Å². The molecule has 1 unspecified atom stereocenters. The largest absolute Gasteiger partial charge is 0.360 e. The molecule has 30 heavy (non-hydrogen) atoms. The smallest absolute Gasteiger partial charge is 0.245 e. The molecular weight excluding hydrogens is 394 g/mol. The van der Waals surface area contributed by atoms with E-state index < -0.39 is 0 Å². The van der Waals surface area contributed by atoms with E-state index in [2.05, 4.69) is 53.7 Å². The van der Waals surface area contributed by atoms with Gasteiger partial charge < -0.3 is 15.5 Å². The number of aromatic nitrogens is 2. The van der Waals surface area contributed by atoms with Crippen LogP contribution in [0.1, 0.15) is 49.2 Å². The summed E-state index contributed by atoms with van der Waals surface area (Å²) in [5.74, 6) is 1.10. The number of hydrogen-bond acceptors (Lipinski definition) is 4. The van der Waals surface area contributed by atoms with Crippen molar-refractivity contribution >= 4 is 23.2 Å². The quantitative estimate of drug-likeness (QED) is 0.740. The van der Waals surface area contributed by atoms with E-state index in [1.807, 2.05) is 18.0 Å². The van der Waals surface area contributed by atoms with Crippen molar-refractivity contribution < 1.29 is 4.79 Å². The summed E-state index contributed by atoms with van der Waals surface area (Å²) in [7, 11) is 0. The molecule has 3 atom stereocenters. The average molecular weight is 424 g/mol. The number of amides is 1. The molecule has 2 aliphatic heterocycles. The van der Waals surface area contributed by atoms with Gasteiger partial charge in [0.25, 0.3) is 0 Å². The number of hydrogen-bond donors (Lipinski definition) is 2. The van der Waals surface area contributed by atoms with Gasteiger partial charge in [0.2, 0.25) is 5.91 Å². The van der Waals surface area contributed by atoms with Crippen molar-refractivity contribution in [3.05, 3.63) is 47.5 Å². The lowest BCUT2D eigenvalue weighted by Crippen LogP contribution is -2.59. The van der Waals surface area contributed by atoms with Crippen molar-refractivity contribution in [1.82, 2.24) is 25.5 Å². The predicted octanol–water partition coefficient (Wildman–Crippen LogP) is 3.09. The summed E-state index contributed by atoms with van der Waals surface area (Å²) >= 11 is 5.27. The van der Waals surface area contributed by atoms with Gasteiger partial charge in [0.1, 0.15) is 11.9 Å². The molecule has 0 saturated carbocycles. The molecular formula is C23H29N5OS. The lowest BCUT2D eigenvalue weighted by Gasteiger charge is -2.38. The minimum atomic E-state index is -0.254. The Morgan fingerprint density at radius 3 is 2.87 bits per heavy atom. The van der Waals surface area contributed by atoms with Crippen molar-refractivity contribution in [2.24, 2.45) is 0 Å². The topological polar surface area (TPSA) is 70.2 Å². The Bertz CT molecular complexity index is 962. The highest BCUT2D eigenvalue weighted by molar-refractivity contribution is 7.80. The van der Waals surface area contributed by atoms with Gasteiger partial charge in [0, 0.05) is 36.8 Å². The molecule has 7 heteroatoms. The molecule has 3 heterocycles. The lowest BCUT2D eigenvalue weighted by atomic mass is 9.89. The number of nitrogens with one attached hydrogen (secondary N) is 2. The summed E-state index contributed by atoms with van der Waals surface area (Å²) in [6.07, 6.45) is 4.66. The molecule has 0 spiro atoms. The number of thiocarbonyl (C=S) groups is 1. The second-order valence-corrected chi connectivity index (χ2v) is 8.92. The Kier molecular flexibility index (Phi) is 5.99. The van der Waals surface area contributed by atoms with Crippen LogP contribution in [0.4, 0.5) is 0 Å². The third kappa shape index (κ3) is 4.46. The van der Waals surface area contributed by atoms with Crippen LogP contribution in [0, 0.1) is 13.8 Å². The van der Waals surface area contributed by atoms with Gasteiger partial charge in [0.15, 0.2) is 5.11 Å². The van der Waals surface area contributed by atoms with Crippen LogP contribution in [0.3, 0.4) is 0 Å². The predicted molar refractivity (Wildman–Crippen MR) is 122 cm³/mol. The highest BCUT2D eigenvalue weighted by Crippen LogP contribution is 2.33. The molecule has 4 rings (SSSR count). The molecule has 0 bridgehead atoms. The minimum Gasteiger partial charge on any atom is -0.360 e.